The number of unbranched alkanes of at least 4 members (excludes halogenated alkanes) is 47. The SMILES string of the molecule is CCCCCCCCCCCCCC/C=C\CCCCCCCCCCCCCCC(=O)NC(COP(=O)(O)OCC[N+](C)(C)C)C(O)/C=C/CCCCCCCCCCCCCCCCCCCCCCCCC. The smallest absolute Gasteiger partial charge is 0.387 e. The highest BCUT2D eigenvalue weighted by atomic mass is 31.2. The lowest BCUT2D eigenvalue weighted by atomic mass is 10.0. The van der Waals surface area contributed by atoms with Crippen molar-refractivity contribution in [1.29, 1.82) is 0 Å². The van der Waals surface area contributed by atoms with Gasteiger partial charge in [-0.05, 0) is 44.9 Å². The number of nitrogens with one attached hydrogen (secondary N) is 1. The number of carbonyl (C=O) groups is 1. The molecule has 0 fully saturated rings. The fourth-order valence-corrected chi connectivity index (χ4v) is 11.0. The van der Waals surface area contributed by atoms with Crippen LogP contribution in [0.25, 0.3) is 0 Å². The molecule has 0 aromatic heterocycles. The number of nitrogens with zero attached hydrogens (tertiary/aromatic N) is 1. The molecule has 0 rings (SSSR count). The maximum absolute atomic E-state index is 13.0. The molecule has 446 valence electrons. The summed E-state index contributed by atoms with van der Waals surface area (Å²) in [5, 5.41) is 14.0. The van der Waals surface area contributed by atoms with Crippen LogP contribution in [0.1, 0.15) is 341 Å². The van der Waals surface area contributed by atoms with Gasteiger partial charge >= 0.3 is 7.82 Å². The summed E-state index contributed by atoms with van der Waals surface area (Å²) >= 11 is 0. The van der Waals surface area contributed by atoms with Crippen molar-refractivity contribution < 1.29 is 32.9 Å². The van der Waals surface area contributed by atoms with Gasteiger partial charge in [-0.2, -0.15) is 0 Å². The molecular formula is C66H132N2O6P+. The molecule has 8 nitrogen and oxygen atoms in total. The van der Waals surface area contributed by atoms with Gasteiger partial charge in [0.15, 0.2) is 0 Å². The molecule has 3 atom stereocenters. The quantitative estimate of drug-likeness (QED) is 0.0243. The van der Waals surface area contributed by atoms with E-state index in [0.29, 0.717) is 17.4 Å². The number of phosphoric ester groups is 1. The second-order valence-corrected chi connectivity index (χ2v) is 25.7. The van der Waals surface area contributed by atoms with Crippen LogP contribution in [0.4, 0.5) is 0 Å². The molecule has 0 radical (unpaired) electrons. The number of likely N-dealkylation sites (N-methyl/N-ethyl adjacent to an activating group) is 1. The summed E-state index contributed by atoms with van der Waals surface area (Å²) in [4.78, 5) is 23.4. The maximum Gasteiger partial charge on any atom is 0.472 e. The lowest BCUT2D eigenvalue weighted by Crippen LogP contribution is -2.45. The second kappa shape index (κ2) is 57.7. The Morgan fingerprint density at radius 2 is 0.720 bits per heavy atom. The Labute approximate surface area is 468 Å². The molecule has 0 aliphatic heterocycles. The average Bonchev–Trinajstić information content (AvgIpc) is 3.37. The van der Waals surface area contributed by atoms with E-state index in [1.807, 2.05) is 27.2 Å². The van der Waals surface area contributed by atoms with E-state index in [4.69, 9.17) is 9.05 Å². The molecule has 75 heavy (non-hydrogen) atoms. The highest BCUT2D eigenvalue weighted by molar-refractivity contribution is 7.47. The monoisotopic (exact) mass is 1080 g/mol. The van der Waals surface area contributed by atoms with Gasteiger partial charge in [-0.1, -0.05) is 314 Å². The third kappa shape index (κ3) is 60.5. The van der Waals surface area contributed by atoms with Crippen molar-refractivity contribution in [2.24, 2.45) is 0 Å². The highest BCUT2D eigenvalue weighted by Crippen LogP contribution is 2.43. The van der Waals surface area contributed by atoms with E-state index in [9.17, 15) is 19.4 Å². The van der Waals surface area contributed by atoms with E-state index in [1.54, 1.807) is 6.08 Å². The van der Waals surface area contributed by atoms with Crippen LogP contribution < -0.4 is 5.32 Å². The third-order valence-corrected chi connectivity index (χ3v) is 16.4. The van der Waals surface area contributed by atoms with Crippen LogP contribution >= 0.6 is 7.82 Å². The van der Waals surface area contributed by atoms with Crippen molar-refractivity contribution in [1.82, 2.24) is 5.32 Å². The van der Waals surface area contributed by atoms with Crippen molar-refractivity contribution in [2.45, 2.75) is 353 Å². The van der Waals surface area contributed by atoms with Gasteiger partial charge in [-0.25, -0.2) is 4.57 Å². The molecule has 0 bridgehead atoms. The van der Waals surface area contributed by atoms with Crippen molar-refractivity contribution >= 4 is 13.7 Å². The van der Waals surface area contributed by atoms with Gasteiger partial charge in [0.1, 0.15) is 13.2 Å². The number of hydrogen-bond acceptors (Lipinski definition) is 5. The number of hydrogen-bond donors (Lipinski definition) is 3. The Morgan fingerprint density at radius 3 is 1.03 bits per heavy atom. The minimum absolute atomic E-state index is 0.0636. The summed E-state index contributed by atoms with van der Waals surface area (Å²) in [6, 6.07) is -0.846. The van der Waals surface area contributed by atoms with Crippen molar-refractivity contribution in [3.63, 3.8) is 0 Å². The number of aliphatic hydroxyl groups is 1. The molecule has 0 aromatic carbocycles. The van der Waals surface area contributed by atoms with Gasteiger partial charge in [0.05, 0.1) is 39.9 Å². The van der Waals surface area contributed by atoms with Crippen LogP contribution in [0.3, 0.4) is 0 Å². The first kappa shape index (κ1) is 74.0. The van der Waals surface area contributed by atoms with Crippen LogP contribution in [-0.2, 0) is 18.4 Å². The molecule has 0 saturated carbocycles. The van der Waals surface area contributed by atoms with Crippen LogP contribution in [0, 0.1) is 0 Å². The predicted molar refractivity (Wildman–Crippen MR) is 328 cm³/mol. The molecular weight excluding hydrogens is 948 g/mol. The Morgan fingerprint density at radius 1 is 0.440 bits per heavy atom. The first-order valence-corrected chi connectivity index (χ1v) is 34.7. The lowest BCUT2D eigenvalue weighted by molar-refractivity contribution is -0.870. The largest absolute Gasteiger partial charge is 0.472 e. The Bertz CT molecular complexity index is 1270. The number of quaternary nitrogens is 1. The first-order valence-electron chi connectivity index (χ1n) is 33.2. The zero-order valence-electron chi connectivity index (χ0n) is 51.1. The Balaban J connectivity index is 4.09. The average molecular weight is 1080 g/mol. The fraction of sp³-hybridized carbons (Fsp3) is 0.924. The molecule has 0 aliphatic rings. The van der Waals surface area contributed by atoms with Crippen LogP contribution in [0.15, 0.2) is 24.3 Å². The molecule has 3 N–H and O–H groups in total. The van der Waals surface area contributed by atoms with Crippen molar-refractivity contribution in [3.05, 3.63) is 24.3 Å². The van der Waals surface area contributed by atoms with Gasteiger partial charge < -0.3 is 19.8 Å². The number of carbonyl (C=O) groups excluding carboxylic acids is 1. The topological polar surface area (TPSA) is 105 Å². The molecule has 1 amide bonds. The predicted octanol–water partition coefficient (Wildman–Crippen LogP) is 20.7. The van der Waals surface area contributed by atoms with Gasteiger partial charge in [0.2, 0.25) is 5.91 Å². The molecule has 0 aromatic rings. The van der Waals surface area contributed by atoms with Crippen molar-refractivity contribution in [3.8, 4) is 0 Å². The number of aliphatic hydroxyl groups excluding tert-OH is 1. The normalized spacial score (nSPS) is 13.9. The van der Waals surface area contributed by atoms with Gasteiger partial charge in [0, 0.05) is 6.42 Å². The van der Waals surface area contributed by atoms with Crippen LogP contribution in [0.2, 0.25) is 0 Å². The molecule has 3 unspecified atom stereocenters. The van der Waals surface area contributed by atoms with Gasteiger partial charge in [0.25, 0.3) is 0 Å². The van der Waals surface area contributed by atoms with E-state index in [2.05, 4.69) is 31.3 Å². The zero-order chi connectivity index (χ0) is 54.9. The van der Waals surface area contributed by atoms with E-state index in [-0.39, 0.29) is 19.1 Å². The Hall–Kier alpha value is -1.02. The molecule has 0 spiro atoms. The van der Waals surface area contributed by atoms with Gasteiger partial charge in [-0.15, -0.1) is 0 Å². The summed E-state index contributed by atoms with van der Waals surface area (Å²) in [5.74, 6) is -0.171. The number of phosphoric acid groups is 1. The lowest BCUT2D eigenvalue weighted by Gasteiger charge is -2.25. The van der Waals surface area contributed by atoms with E-state index >= 15 is 0 Å². The van der Waals surface area contributed by atoms with Crippen LogP contribution in [-0.4, -0.2) is 73.4 Å². The minimum atomic E-state index is -4.35. The minimum Gasteiger partial charge on any atom is -0.387 e. The fourth-order valence-electron chi connectivity index (χ4n) is 10.2. The van der Waals surface area contributed by atoms with E-state index in [1.165, 1.54) is 289 Å². The number of rotatable bonds is 62. The van der Waals surface area contributed by atoms with E-state index in [0.717, 1.165) is 32.1 Å². The number of allylic oxidation sites excluding steroid dienone is 3. The summed E-state index contributed by atoms with van der Waals surface area (Å²) in [5.41, 5.74) is 0. The third-order valence-electron chi connectivity index (χ3n) is 15.4. The molecule has 9 heteroatoms. The second-order valence-electron chi connectivity index (χ2n) is 24.2. The highest BCUT2D eigenvalue weighted by Gasteiger charge is 2.28. The summed E-state index contributed by atoms with van der Waals surface area (Å²) in [6.45, 7) is 4.88. The molecule has 0 heterocycles. The van der Waals surface area contributed by atoms with Crippen LogP contribution in [0.5, 0.6) is 0 Å². The van der Waals surface area contributed by atoms with E-state index < -0.39 is 20.0 Å². The van der Waals surface area contributed by atoms with Crippen molar-refractivity contribution in [2.75, 3.05) is 40.9 Å². The molecule has 0 aliphatic carbocycles. The standard InChI is InChI=1S/C66H131N2O6P/c1-6-8-10-12-14-16-18-20-22-24-26-28-30-32-33-34-36-38-40-42-44-46-48-50-52-54-56-58-60-66(70)67-64(63-74-75(71,72)73-62-61-68(3,4)5)65(69)59-57-55-53-51-49-47-45-43-41-39-37-35-31-29-27-25-23-21-19-17-15-13-11-9-7-2/h32-33,57,59,64-65,69H,6-31,34-56,58,60-63H2,1-5H3,(H-,67,70,71,72)/p+1/b33-32-,59-57+. The number of amides is 1. The maximum atomic E-state index is 13.0. The summed E-state index contributed by atoms with van der Waals surface area (Å²) in [7, 11) is 1.59. The first-order chi connectivity index (χ1) is 36.5. The zero-order valence-corrected chi connectivity index (χ0v) is 52.0. The molecule has 0 saturated heterocycles. The summed E-state index contributed by atoms with van der Waals surface area (Å²) in [6.07, 6.45) is 74.5. The summed E-state index contributed by atoms with van der Waals surface area (Å²) < 4.78 is 23.8. The Kier molecular flexibility index (Phi) is 56.9. The van der Waals surface area contributed by atoms with Gasteiger partial charge in [-0.3, -0.25) is 13.8 Å².